The molecule has 0 spiro atoms. The van der Waals surface area contributed by atoms with Gasteiger partial charge in [-0.15, -0.1) is 0 Å². The number of fused-ring (bicyclic) bond motifs is 1. The molecule has 0 amide bonds. The maximum absolute atomic E-state index is 13.2. The zero-order valence-corrected chi connectivity index (χ0v) is 14.9. The zero-order chi connectivity index (χ0) is 20.9. The second-order valence-electron chi connectivity index (χ2n) is 6.26. The number of rotatable bonds is 3. The normalized spacial score (nSPS) is 17.4. The highest BCUT2D eigenvalue weighted by Crippen LogP contribution is 2.42. The molecule has 1 aromatic carbocycles. The van der Waals surface area contributed by atoms with Crippen LogP contribution in [0.1, 0.15) is 47.8 Å². The molecule has 1 heterocycles. The molecular formula is C17H13F5N2O3S. The van der Waals surface area contributed by atoms with Crippen LogP contribution in [0.4, 0.5) is 22.0 Å². The van der Waals surface area contributed by atoms with Crippen molar-refractivity contribution in [2.75, 3.05) is 0 Å². The standard InChI is InChI=1S/C17H13F5N2O3S/c18-16(19)11-6-10(5-4-9(11)7-23)24-8-14(28(26,27)17(20,21)22)15-12(24)2-1-3-13(15)25/h4-6,8,13,16,25H,1-3H2/t13-/m1/s1. The van der Waals surface area contributed by atoms with Crippen LogP contribution in [-0.2, 0) is 16.3 Å². The Bertz CT molecular complexity index is 1070. The summed E-state index contributed by atoms with van der Waals surface area (Å²) in [6.07, 6.45) is -3.13. The van der Waals surface area contributed by atoms with Gasteiger partial charge in [0, 0.05) is 28.7 Å². The lowest BCUT2D eigenvalue weighted by Gasteiger charge is -2.21. The number of aliphatic hydroxyl groups excluding tert-OH is 1. The largest absolute Gasteiger partial charge is 0.501 e. The Kier molecular flexibility index (Phi) is 4.97. The molecule has 1 aromatic heterocycles. The van der Waals surface area contributed by atoms with Crippen LogP contribution in [0.2, 0.25) is 0 Å². The molecular weight excluding hydrogens is 407 g/mol. The third kappa shape index (κ3) is 3.16. The second-order valence-corrected chi connectivity index (χ2v) is 8.17. The van der Waals surface area contributed by atoms with E-state index in [-0.39, 0.29) is 35.3 Å². The Labute approximate surface area is 156 Å². The first-order chi connectivity index (χ1) is 13.0. The Morgan fingerprint density at radius 3 is 2.54 bits per heavy atom. The second kappa shape index (κ2) is 6.86. The van der Waals surface area contributed by atoms with E-state index in [2.05, 4.69) is 0 Å². The molecule has 3 rings (SSSR count). The number of benzene rings is 1. The molecule has 0 saturated heterocycles. The van der Waals surface area contributed by atoms with Gasteiger partial charge in [0.1, 0.15) is 4.90 Å². The summed E-state index contributed by atoms with van der Waals surface area (Å²) >= 11 is 0. The fraction of sp³-hybridized carbons (Fsp3) is 0.353. The van der Waals surface area contributed by atoms with Crippen LogP contribution in [0.5, 0.6) is 0 Å². The van der Waals surface area contributed by atoms with Crippen molar-refractivity contribution in [2.45, 2.75) is 42.2 Å². The average Bonchev–Trinajstić information content (AvgIpc) is 3.02. The van der Waals surface area contributed by atoms with Crippen LogP contribution < -0.4 is 0 Å². The van der Waals surface area contributed by atoms with Gasteiger partial charge >= 0.3 is 5.51 Å². The Morgan fingerprint density at radius 2 is 1.96 bits per heavy atom. The summed E-state index contributed by atoms with van der Waals surface area (Å²) < 4.78 is 90.7. The maximum Gasteiger partial charge on any atom is 0.501 e. The molecule has 0 unspecified atom stereocenters. The number of hydrogen-bond donors (Lipinski definition) is 1. The predicted molar refractivity (Wildman–Crippen MR) is 86.6 cm³/mol. The molecule has 1 aliphatic rings. The van der Waals surface area contributed by atoms with E-state index in [1.807, 2.05) is 0 Å². The summed E-state index contributed by atoms with van der Waals surface area (Å²) in [7, 11) is -5.76. The number of hydrogen-bond acceptors (Lipinski definition) is 4. The highest BCUT2D eigenvalue weighted by atomic mass is 32.2. The first-order valence-electron chi connectivity index (χ1n) is 8.05. The maximum atomic E-state index is 13.2. The third-order valence-electron chi connectivity index (χ3n) is 4.60. The molecule has 0 bridgehead atoms. The molecule has 28 heavy (non-hydrogen) atoms. The number of halogens is 5. The zero-order valence-electron chi connectivity index (χ0n) is 14.0. The van der Waals surface area contributed by atoms with Crippen molar-refractivity contribution in [1.29, 1.82) is 5.26 Å². The van der Waals surface area contributed by atoms with Crippen LogP contribution in [0.3, 0.4) is 0 Å². The monoisotopic (exact) mass is 420 g/mol. The molecule has 11 heteroatoms. The van der Waals surface area contributed by atoms with Gasteiger partial charge in [0.05, 0.1) is 17.7 Å². The van der Waals surface area contributed by atoms with Gasteiger partial charge in [-0.3, -0.25) is 0 Å². The summed E-state index contributed by atoms with van der Waals surface area (Å²) in [5, 5.41) is 19.1. The van der Waals surface area contributed by atoms with Crippen LogP contribution in [0.25, 0.3) is 5.69 Å². The Morgan fingerprint density at radius 1 is 1.29 bits per heavy atom. The molecule has 0 saturated carbocycles. The molecule has 0 aliphatic heterocycles. The number of aromatic nitrogens is 1. The number of alkyl halides is 5. The highest BCUT2D eigenvalue weighted by molar-refractivity contribution is 7.92. The van der Waals surface area contributed by atoms with Crippen LogP contribution >= 0.6 is 0 Å². The van der Waals surface area contributed by atoms with E-state index in [1.165, 1.54) is 6.07 Å². The summed E-state index contributed by atoms with van der Waals surface area (Å²) in [4.78, 5) is -1.09. The van der Waals surface area contributed by atoms with E-state index in [0.29, 0.717) is 12.6 Å². The molecule has 150 valence electrons. The van der Waals surface area contributed by atoms with E-state index in [4.69, 9.17) is 5.26 Å². The molecule has 1 atom stereocenters. The van der Waals surface area contributed by atoms with Gasteiger partial charge in [-0.1, -0.05) is 0 Å². The highest BCUT2D eigenvalue weighted by Gasteiger charge is 2.50. The fourth-order valence-corrected chi connectivity index (χ4v) is 4.34. The van der Waals surface area contributed by atoms with E-state index in [1.54, 1.807) is 6.07 Å². The van der Waals surface area contributed by atoms with E-state index in [0.717, 1.165) is 16.7 Å². The first-order valence-corrected chi connectivity index (χ1v) is 9.53. The first kappa shape index (κ1) is 20.3. The van der Waals surface area contributed by atoms with Gasteiger partial charge in [0.2, 0.25) is 0 Å². The summed E-state index contributed by atoms with van der Waals surface area (Å²) in [5.41, 5.74) is -6.80. The molecule has 5 nitrogen and oxygen atoms in total. The predicted octanol–water partition coefficient (Wildman–Crippen LogP) is 3.95. The van der Waals surface area contributed by atoms with Crippen molar-refractivity contribution >= 4 is 9.84 Å². The number of aliphatic hydroxyl groups is 1. The van der Waals surface area contributed by atoms with Crippen molar-refractivity contribution in [3.63, 3.8) is 0 Å². The average molecular weight is 420 g/mol. The third-order valence-corrected chi connectivity index (χ3v) is 6.11. The van der Waals surface area contributed by atoms with Gasteiger partial charge in [0.15, 0.2) is 0 Å². The van der Waals surface area contributed by atoms with Crippen molar-refractivity contribution in [2.24, 2.45) is 0 Å². The lowest BCUT2D eigenvalue weighted by Crippen LogP contribution is -2.25. The SMILES string of the molecule is N#Cc1ccc(-n2cc(S(=O)(=O)C(F)(F)F)c3c2CCC[C@H]3O)cc1C(F)F. The van der Waals surface area contributed by atoms with E-state index < -0.39 is 38.3 Å². The van der Waals surface area contributed by atoms with Crippen LogP contribution in [-0.4, -0.2) is 23.6 Å². The molecule has 0 fully saturated rings. The lowest BCUT2D eigenvalue weighted by atomic mass is 9.95. The molecule has 1 aliphatic carbocycles. The van der Waals surface area contributed by atoms with Gasteiger partial charge in [-0.25, -0.2) is 17.2 Å². The van der Waals surface area contributed by atoms with Gasteiger partial charge < -0.3 is 9.67 Å². The van der Waals surface area contributed by atoms with Gasteiger partial charge in [0.25, 0.3) is 16.3 Å². The number of nitrogens with zero attached hydrogens (tertiary/aromatic N) is 2. The van der Waals surface area contributed by atoms with E-state index in [9.17, 15) is 35.5 Å². The quantitative estimate of drug-likeness (QED) is 0.763. The number of nitriles is 1. The summed E-state index contributed by atoms with van der Waals surface area (Å²) in [5.74, 6) is 0. The minimum Gasteiger partial charge on any atom is -0.388 e. The van der Waals surface area contributed by atoms with Crippen molar-refractivity contribution in [3.05, 3.63) is 46.8 Å². The Balaban J connectivity index is 2.29. The minimum atomic E-state index is -5.76. The van der Waals surface area contributed by atoms with Crippen LogP contribution in [0, 0.1) is 11.3 Å². The van der Waals surface area contributed by atoms with Crippen LogP contribution in [0.15, 0.2) is 29.3 Å². The smallest absolute Gasteiger partial charge is 0.388 e. The number of sulfone groups is 1. The van der Waals surface area contributed by atoms with Crippen molar-refractivity contribution in [1.82, 2.24) is 4.57 Å². The van der Waals surface area contributed by atoms with E-state index >= 15 is 0 Å². The molecule has 0 radical (unpaired) electrons. The summed E-state index contributed by atoms with van der Waals surface area (Å²) in [6, 6.07) is 4.84. The molecule has 1 N–H and O–H groups in total. The lowest BCUT2D eigenvalue weighted by molar-refractivity contribution is -0.0437. The van der Waals surface area contributed by atoms with Crippen molar-refractivity contribution in [3.8, 4) is 11.8 Å². The van der Waals surface area contributed by atoms with Gasteiger partial charge in [-0.2, -0.15) is 18.4 Å². The fourth-order valence-electron chi connectivity index (χ4n) is 3.31. The summed E-state index contributed by atoms with van der Waals surface area (Å²) in [6.45, 7) is 0. The molecule has 2 aromatic rings. The Hall–Kier alpha value is -2.45. The topological polar surface area (TPSA) is 83.1 Å². The van der Waals surface area contributed by atoms with Gasteiger partial charge in [-0.05, 0) is 37.5 Å². The minimum absolute atomic E-state index is 0.0247. The van der Waals surface area contributed by atoms with Crippen molar-refractivity contribution < 1.29 is 35.5 Å².